The van der Waals surface area contributed by atoms with E-state index in [1.54, 1.807) is 43.5 Å². The number of thiazole rings is 1. The smallest absolute Gasteiger partial charge is 0.308 e. The summed E-state index contributed by atoms with van der Waals surface area (Å²) in [6, 6.07) is 12.2. The van der Waals surface area contributed by atoms with E-state index in [9.17, 15) is 9.59 Å². The monoisotopic (exact) mass is 370 g/mol. The fourth-order valence-electron chi connectivity index (χ4n) is 2.30. The minimum atomic E-state index is -0.390. The molecule has 0 saturated heterocycles. The van der Waals surface area contributed by atoms with Gasteiger partial charge in [0.2, 0.25) is 0 Å². The zero-order valence-electron chi connectivity index (χ0n) is 14.2. The molecule has 0 aliphatic heterocycles. The number of furan rings is 1. The molecule has 0 radical (unpaired) electrons. The molecule has 1 aromatic carbocycles. The lowest BCUT2D eigenvalue weighted by atomic mass is 10.2. The predicted octanol–water partition coefficient (Wildman–Crippen LogP) is 3.65. The molecule has 3 aromatic rings. The molecule has 1 atom stereocenters. The van der Waals surface area contributed by atoms with Gasteiger partial charge in [-0.3, -0.25) is 9.59 Å². The first-order valence-electron chi connectivity index (χ1n) is 8.11. The first kappa shape index (κ1) is 17.9. The second kappa shape index (κ2) is 8.44. The molecule has 0 saturated carbocycles. The number of hydrogen-bond acceptors (Lipinski definition) is 6. The third kappa shape index (κ3) is 4.80. The average Bonchev–Trinajstić information content (AvgIpc) is 3.32. The van der Waals surface area contributed by atoms with Gasteiger partial charge in [0.05, 0.1) is 18.4 Å². The van der Waals surface area contributed by atoms with Crippen molar-refractivity contribution in [2.75, 3.05) is 0 Å². The highest BCUT2D eigenvalue weighted by Gasteiger charge is 2.15. The summed E-state index contributed by atoms with van der Waals surface area (Å²) < 4.78 is 10.5. The van der Waals surface area contributed by atoms with E-state index in [0.717, 1.165) is 5.01 Å². The van der Waals surface area contributed by atoms with E-state index in [1.165, 1.54) is 11.3 Å². The van der Waals surface area contributed by atoms with Gasteiger partial charge >= 0.3 is 5.97 Å². The van der Waals surface area contributed by atoms with Crippen molar-refractivity contribution in [1.82, 2.24) is 10.3 Å². The van der Waals surface area contributed by atoms with Crippen molar-refractivity contribution < 1.29 is 18.7 Å². The molecule has 26 heavy (non-hydrogen) atoms. The standard InChI is InChI=1S/C19H18N2O4S/c1-13(20-18(23)14-6-3-2-4-7-14)10-17(22)25-11-15-12-26-19(21-15)16-8-5-9-24-16/h2-9,12-13H,10-11H2,1H3,(H,20,23). The van der Waals surface area contributed by atoms with Crippen LogP contribution >= 0.6 is 11.3 Å². The molecule has 1 N–H and O–H groups in total. The van der Waals surface area contributed by atoms with Gasteiger partial charge in [-0.15, -0.1) is 11.3 Å². The van der Waals surface area contributed by atoms with E-state index >= 15 is 0 Å². The zero-order chi connectivity index (χ0) is 18.4. The van der Waals surface area contributed by atoms with Crippen LogP contribution in [0.2, 0.25) is 0 Å². The highest BCUT2D eigenvalue weighted by molar-refractivity contribution is 7.13. The lowest BCUT2D eigenvalue weighted by molar-refractivity contribution is -0.145. The molecular weight excluding hydrogens is 352 g/mol. The topological polar surface area (TPSA) is 81.4 Å². The Hall–Kier alpha value is -2.93. The Bertz CT molecular complexity index is 859. The summed E-state index contributed by atoms with van der Waals surface area (Å²) in [7, 11) is 0. The summed E-state index contributed by atoms with van der Waals surface area (Å²) in [5, 5.41) is 5.35. The first-order valence-corrected chi connectivity index (χ1v) is 8.99. The van der Waals surface area contributed by atoms with E-state index in [2.05, 4.69) is 10.3 Å². The van der Waals surface area contributed by atoms with Gasteiger partial charge in [-0.1, -0.05) is 18.2 Å². The fraction of sp³-hybridized carbons (Fsp3) is 0.211. The zero-order valence-corrected chi connectivity index (χ0v) is 15.0. The number of hydrogen-bond donors (Lipinski definition) is 1. The molecule has 0 aliphatic carbocycles. The fourth-order valence-corrected chi connectivity index (χ4v) is 3.07. The van der Waals surface area contributed by atoms with E-state index in [0.29, 0.717) is 17.0 Å². The molecule has 1 amide bonds. The van der Waals surface area contributed by atoms with Crippen molar-refractivity contribution in [1.29, 1.82) is 0 Å². The number of amides is 1. The van der Waals surface area contributed by atoms with Gasteiger partial charge in [0.15, 0.2) is 10.8 Å². The maximum absolute atomic E-state index is 12.1. The van der Waals surface area contributed by atoms with Crippen molar-refractivity contribution in [3.05, 3.63) is 65.4 Å². The van der Waals surface area contributed by atoms with Gasteiger partial charge in [0.25, 0.3) is 5.91 Å². The molecule has 134 valence electrons. The van der Waals surface area contributed by atoms with Gasteiger partial charge in [-0.05, 0) is 31.2 Å². The number of nitrogens with zero attached hydrogens (tertiary/aromatic N) is 1. The molecular formula is C19H18N2O4S. The number of nitrogens with one attached hydrogen (secondary N) is 1. The predicted molar refractivity (Wildman–Crippen MR) is 97.6 cm³/mol. The van der Waals surface area contributed by atoms with Gasteiger partial charge in [0.1, 0.15) is 6.61 Å². The number of ether oxygens (including phenoxy) is 1. The van der Waals surface area contributed by atoms with Crippen LogP contribution in [0.3, 0.4) is 0 Å². The normalized spacial score (nSPS) is 11.7. The SMILES string of the molecule is CC(CC(=O)OCc1csc(-c2ccco2)n1)NC(=O)c1ccccc1. The van der Waals surface area contributed by atoms with Crippen LogP contribution in [0.1, 0.15) is 29.4 Å². The molecule has 0 aliphatic rings. The van der Waals surface area contributed by atoms with Gasteiger partial charge < -0.3 is 14.5 Å². The van der Waals surface area contributed by atoms with Crippen LogP contribution in [0, 0.1) is 0 Å². The van der Waals surface area contributed by atoms with Crippen molar-refractivity contribution in [3.8, 4) is 10.8 Å². The molecule has 1 unspecified atom stereocenters. The van der Waals surface area contributed by atoms with Crippen LogP contribution in [0.5, 0.6) is 0 Å². The number of carbonyl (C=O) groups is 2. The Morgan fingerprint density at radius 2 is 2.04 bits per heavy atom. The molecule has 7 heteroatoms. The molecule has 0 spiro atoms. The van der Waals surface area contributed by atoms with Crippen LogP contribution in [0.4, 0.5) is 0 Å². The molecule has 0 bridgehead atoms. The lowest BCUT2D eigenvalue weighted by Crippen LogP contribution is -2.34. The second-order valence-electron chi connectivity index (χ2n) is 5.73. The minimum Gasteiger partial charge on any atom is -0.462 e. The molecule has 6 nitrogen and oxygen atoms in total. The van der Waals surface area contributed by atoms with Crippen LogP contribution < -0.4 is 5.32 Å². The summed E-state index contributed by atoms with van der Waals surface area (Å²) in [6.07, 6.45) is 1.68. The van der Waals surface area contributed by atoms with E-state index in [4.69, 9.17) is 9.15 Å². The Morgan fingerprint density at radius 3 is 2.77 bits per heavy atom. The first-order chi connectivity index (χ1) is 12.6. The quantitative estimate of drug-likeness (QED) is 0.642. The van der Waals surface area contributed by atoms with Crippen LogP contribution in [-0.2, 0) is 16.1 Å². The van der Waals surface area contributed by atoms with Crippen molar-refractivity contribution in [3.63, 3.8) is 0 Å². The maximum atomic E-state index is 12.1. The number of aromatic nitrogens is 1. The Balaban J connectivity index is 1.44. The van der Waals surface area contributed by atoms with Crippen molar-refractivity contribution in [2.24, 2.45) is 0 Å². The number of esters is 1. The Kier molecular flexibility index (Phi) is 5.80. The second-order valence-corrected chi connectivity index (χ2v) is 6.58. The van der Waals surface area contributed by atoms with Crippen LogP contribution in [0.15, 0.2) is 58.5 Å². The molecule has 3 rings (SSSR count). The number of rotatable bonds is 7. The van der Waals surface area contributed by atoms with Crippen molar-refractivity contribution in [2.45, 2.75) is 26.0 Å². The Morgan fingerprint density at radius 1 is 1.23 bits per heavy atom. The Labute approximate surface area is 154 Å². The largest absolute Gasteiger partial charge is 0.462 e. The summed E-state index contributed by atoms with van der Waals surface area (Å²) in [6.45, 7) is 1.86. The number of carbonyl (C=O) groups excluding carboxylic acids is 2. The summed E-state index contributed by atoms with van der Waals surface area (Å²) in [4.78, 5) is 28.4. The third-order valence-corrected chi connectivity index (χ3v) is 4.46. The minimum absolute atomic E-state index is 0.0910. The summed E-state index contributed by atoms with van der Waals surface area (Å²) in [5.74, 6) is 0.0803. The number of benzene rings is 1. The highest BCUT2D eigenvalue weighted by atomic mass is 32.1. The molecule has 2 heterocycles. The van der Waals surface area contributed by atoms with Gasteiger partial charge in [0, 0.05) is 17.0 Å². The highest BCUT2D eigenvalue weighted by Crippen LogP contribution is 2.24. The maximum Gasteiger partial charge on any atom is 0.308 e. The molecule has 2 aromatic heterocycles. The third-order valence-electron chi connectivity index (χ3n) is 3.55. The van der Waals surface area contributed by atoms with Gasteiger partial charge in [-0.25, -0.2) is 4.98 Å². The van der Waals surface area contributed by atoms with Gasteiger partial charge in [-0.2, -0.15) is 0 Å². The van der Waals surface area contributed by atoms with Crippen LogP contribution in [0.25, 0.3) is 10.8 Å². The van der Waals surface area contributed by atoms with E-state index < -0.39 is 5.97 Å². The summed E-state index contributed by atoms with van der Waals surface area (Å²) >= 11 is 1.43. The average molecular weight is 370 g/mol. The van der Waals surface area contributed by atoms with Crippen molar-refractivity contribution >= 4 is 23.2 Å². The summed E-state index contributed by atoms with van der Waals surface area (Å²) in [5.41, 5.74) is 1.22. The lowest BCUT2D eigenvalue weighted by Gasteiger charge is -2.13. The van der Waals surface area contributed by atoms with Crippen LogP contribution in [-0.4, -0.2) is 22.9 Å². The van der Waals surface area contributed by atoms with E-state index in [-0.39, 0.29) is 25.0 Å². The van der Waals surface area contributed by atoms with E-state index in [1.807, 2.05) is 17.5 Å². The molecule has 0 fully saturated rings.